The van der Waals surface area contributed by atoms with E-state index < -0.39 is 0 Å². The normalized spacial score (nSPS) is 14.8. The van der Waals surface area contributed by atoms with Gasteiger partial charge in [-0.1, -0.05) is 27.7 Å². The molecule has 1 fully saturated rings. The molecule has 1 saturated heterocycles. The minimum atomic E-state index is -0.144. The summed E-state index contributed by atoms with van der Waals surface area (Å²) in [6.07, 6.45) is 0. The SMILES string of the molecule is O=C(c1nnsc1COc1ccc(Cl)c(Cl)c1)N1CCOCC1. The van der Waals surface area contributed by atoms with Crippen molar-refractivity contribution < 1.29 is 14.3 Å². The molecule has 6 nitrogen and oxygen atoms in total. The van der Waals surface area contributed by atoms with Crippen molar-refractivity contribution in [3.8, 4) is 5.75 Å². The van der Waals surface area contributed by atoms with Gasteiger partial charge >= 0.3 is 0 Å². The van der Waals surface area contributed by atoms with Crippen LogP contribution in [-0.4, -0.2) is 46.7 Å². The Balaban J connectivity index is 1.68. The number of hydrogen-bond donors (Lipinski definition) is 0. The van der Waals surface area contributed by atoms with E-state index >= 15 is 0 Å². The van der Waals surface area contributed by atoms with Crippen molar-refractivity contribution in [3.05, 3.63) is 38.8 Å². The van der Waals surface area contributed by atoms with Gasteiger partial charge < -0.3 is 14.4 Å². The fourth-order valence-corrected chi connectivity index (χ4v) is 2.93. The Labute approximate surface area is 147 Å². The molecule has 0 unspecified atom stereocenters. The number of halogens is 2. The molecule has 0 spiro atoms. The van der Waals surface area contributed by atoms with E-state index in [1.54, 1.807) is 23.1 Å². The third-order valence-corrected chi connectivity index (χ3v) is 4.75. The third kappa shape index (κ3) is 3.92. The average Bonchev–Trinajstić information content (AvgIpc) is 3.04. The lowest BCUT2D eigenvalue weighted by Gasteiger charge is -2.26. The van der Waals surface area contributed by atoms with E-state index in [0.717, 1.165) is 11.5 Å². The Bertz CT molecular complexity index is 704. The molecule has 0 aliphatic carbocycles. The summed E-state index contributed by atoms with van der Waals surface area (Å²) in [5.74, 6) is 0.423. The summed E-state index contributed by atoms with van der Waals surface area (Å²) in [7, 11) is 0. The van der Waals surface area contributed by atoms with Gasteiger partial charge in [0.25, 0.3) is 5.91 Å². The monoisotopic (exact) mass is 373 g/mol. The number of hydrogen-bond acceptors (Lipinski definition) is 6. The van der Waals surface area contributed by atoms with E-state index in [1.165, 1.54) is 0 Å². The first-order chi connectivity index (χ1) is 11.1. The molecule has 1 aliphatic rings. The molecule has 2 heterocycles. The predicted octanol–water partition coefficient (Wildman–Crippen LogP) is 2.90. The van der Waals surface area contributed by atoms with Gasteiger partial charge in [0.05, 0.1) is 28.1 Å². The number of carbonyl (C=O) groups is 1. The molecule has 122 valence electrons. The molecule has 0 radical (unpaired) electrons. The number of ether oxygens (including phenoxy) is 2. The molecule has 1 aromatic carbocycles. The van der Waals surface area contributed by atoms with E-state index in [9.17, 15) is 4.79 Å². The van der Waals surface area contributed by atoms with Gasteiger partial charge in [-0.2, -0.15) is 0 Å². The van der Waals surface area contributed by atoms with Crippen LogP contribution in [-0.2, 0) is 11.3 Å². The molecule has 1 aromatic heterocycles. The van der Waals surface area contributed by atoms with Crippen molar-refractivity contribution in [1.29, 1.82) is 0 Å². The zero-order chi connectivity index (χ0) is 16.2. The maximum atomic E-state index is 12.5. The van der Waals surface area contributed by atoms with Crippen LogP contribution in [0.2, 0.25) is 10.0 Å². The van der Waals surface area contributed by atoms with Crippen LogP contribution in [0.1, 0.15) is 15.4 Å². The van der Waals surface area contributed by atoms with Crippen molar-refractivity contribution in [1.82, 2.24) is 14.5 Å². The molecule has 2 aromatic rings. The lowest BCUT2D eigenvalue weighted by atomic mass is 10.3. The second-order valence-corrected chi connectivity index (χ2v) is 6.47. The second-order valence-electron chi connectivity index (χ2n) is 4.81. The smallest absolute Gasteiger partial charge is 0.275 e. The number of rotatable bonds is 4. The highest BCUT2D eigenvalue weighted by atomic mass is 35.5. The van der Waals surface area contributed by atoms with E-state index in [1.807, 2.05) is 0 Å². The van der Waals surface area contributed by atoms with E-state index in [4.69, 9.17) is 32.7 Å². The van der Waals surface area contributed by atoms with Gasteiger partial charge in [-0.15, -0.1) is 5.10 Å². The first-order valence-electron chi connectivity index (χ1n) is 6.91. The van der Waals surface area contributed by atoms with Gasteiger partial charge in [-0.25, -0.2) is 0 Å². The van der Waals surface area contributed by atoms with E-state index in [0.29, 0.717) is 52.7 Å². The van der Waals surface area contributed by atoms with Crippen molar-refractivity contribution in [3.63, 3.8) is 0 Å². The number of carbonyl (C=O) groups excluding carboxylic acids is 1. The quantitative estimate of drug-likeness (QED) is 0.824. The largest absolute Gasteiger partial charge is 0.488 e. The highest BCUT2D eigenvalue weighted by Crippen LogP contribution is 2.27. The average molecular weight is 374 g/mol. The molecule has 9 heteroatoms. The number of aromatic nitrogens is 2. The van der Waals surface area contributed by atoms with Crippen molar-refractivity contribution in [2.45, 2.75) is 6.61 Å². The Morgan fingerprint density at radius 2 is 2.09 bits per heavy atom. The molecule has 0 N–H and O–H groups in total. The van der Waals surface area contributed by atoms with Crippen LogP contribution in [0.5, 0.6) is 5.75 Å². The fourth-order valence-electron chi connectivity index (χ4n) is 2.10. The van der Waals surface area contributed by atoms with Gasteiger partial charge in [0, 0.05) is 19.2 Å². The van der Waals surface area contributed by atoms with Crippen LogP contribution in [0, 0.1) is 0 Å². The van der Waals surface area contributed by atoms with Crippen LogP contribution in [0.4, 0.5) is 0 Å². The van der Waals surface area contributed by atoms with Crippen LogP contribution in [0.25, 0.3) is 0 Å². The molecule has 0 atom stereocenters. The van der Waals surface area contributed by atoms with Crippen molar-refractivity contribution in [2.24, 2.45) is 0 Å². The Hall–Kier alpha value is -1.41. The lowest BCUT2D eigenvalue weighted by Crippen LogP contribution is -2.41. The standard InChI is InChI=1S/C14H13Cl2N3O3S/c15-10-2-1-9(7-11(10)16)22-8-12-13(17-18-23-12)14(20)19-3-5-21-6-4-19/h1-2,7H,3-6,8H2. The zero-order valence-electron chi connectivity index (χ0n) is 12.0. The summed E-state index contributed by atoms with van der Waals surface area (Å²) in [5.41, 5.74) is 0.331. The van der Waals surface area contributed by atoms with Crippen LogP contribution >= 0.6 is 34.7 Å². The van der Waals surface area contributed by atoms with Crippen molar-refractivity contribution in [2.75, 3.05) is 26.3 Å². The molecule has 23 heavy (non-hydrogen) atoms. The van der Waals surface area contributed by atoms with Gasteiger partial charge in [-0.3, -0.25) is 4.79 Å². The third-order valence-electron chi connectivity index (χ3n) is 3.32. The van der Waals surface area contributed by atoms with E-state index in [2.05, 4.69) is 9.59 Å². The molecular formula is C14H13Cl2N3O3S. The minimum absolute atomic E-state index is 0.144. The molecule has 1 amide bonds. The molecule has 3 rings (SSSR count). The van der Waals surface area contributed by atoms with Gasteiger partial charge in [-0.05, 0) is 23.7 Å². The predicted molar refractivity (Wildman–Crippen MR) is 87.4 cm³/mol. The van der Waals surface area contributed by atoms with Gasteiger partial charge in [0.15, 0.2) is 5.69 Å². The summed E-state index contributed by atoms with van der Waals surface area (Å²) in [6, 6.07) is 5.00. The minimum Gasteiger partial charge on any atom is -0.488 e. The summed E-state index contributed by atoms with van der Waals surface area (Å²) in [6.45, 7) is 2.39. The Morgan fingerprint density at radius 3 is 2.83 bits per heavy atom. The number of benzene rings is 1. The molecule has 0 bridgehead atoms. The van der Waals surface area contributed by atoms with Crippen LogP contribution in [0.15, 0.2) is 18.2 Å². The number of morpholine rings is 1. The van der Waals surface area contributed by atoms with Gasteiger partial charge in [0.2, 0.25) is 0 Å². The van der Waals surface area contributed by atoms with Crippen LogP contribution < -0.4 is 4.74 Å². The maximum absolute atomic E-state index is 12.5. The Kier molecular flexibility index (Phi) is 5.32. The molecular weight excluding hydrogens is 361 g/mol. The van der Waals surface area contributed by atoms with E-state index in [-0.39, 0.29) is 12.5 Å². The fraction of sp³-hybridized carbons (Fsp3) is 0.357. The highest BCUT2D eigenvalue weighted by molar-refractivity contribution is 7.05. The Morgan fingerprint density at radius 1 is 1.30 bits per heavy atom. The number of amides is 1. The van der Waals surface area contributed by atoms with Crippen LogP contribution in [0.3, 0.4) is 0 Å². The number of nitrogens with zero attached hydrogens (tertiary/aromatic N) is 3. The second kappa shape index (κ2) is 7.44. The molecule has 0 saturated carbocycles. The first-order valence-corrected chi connectivity index (χ1v) is 8.44. The van der Waals surface area contributed by atoms with Crippen molar-refractivity contribution >= 4 is 40.6 Å². The highest BCUT2D eigenvalue weighted by Gasteiger charge is 2.24. The maximum Gasteiger partial charge on any atom is 0.275 e. The van der Waals surface area contributed by atoms with Gasteiger partial charge in [0.1, 0.15) is 12.4 Å². The summed E-state index contributed by atoms with van der Waals surface area (Å²) >= 11 is 13.0. The lowest BCUT2D eigenvalue weighted by molar-refractivity contribution is 0.0297. The zero-order valence-corrected chi connectivity index (χ0v) is 14.3. The topological polar surface area (TPSA) is 64.5 Å². The summed E-state index contributed by atoms with van der Waals surface area (Å²) < 4.78 is 14.8. The summed E-state index contributed by atoms with van der Waals surface area (Å²) in [4.78, 5) is 14.9. The molecule has 1 aliphatic heterocycles. The summed E-state index contributed by atoms with van der Waals surface area (Å²) in [5, 5.41) is 4.82. The first kappa shape index (κ1) is 16.4.